The van der Waals surface area contributed by atoms with Gasteiger partial charge in [0.25, 0.3) is 5.91 Å². The van der Waals surface area contributed by atoms with E-state index >= 15 is 0 Å². The van der Waals surface area contributed by atoms with E-state index in [0.717, 1.165) is 13.1 Å². The number of nitrogens with one attached hydrogen (secondary N) is 2. The number of hydrogen-bond donors (Lipinski definition) is 3. The summed E-state index contributed by atoms with van der Waals surface area (Å²) >= 11 is 1.18. The topological polar surface area (TPSA) is 109 Å². The van der Waals surface area contributed by atoms with Gasteiger partial charge in [-0.15, -0.1) is 24.5 Å². The Kier molecular flexibility index (Phi) is 6.98. The van der Waals surface area contributed by atoms with E-state index in [9.17, 15) is 18.0 Å². The number of aromatic nitrogens is 2. The molecule has 4 N–H and O–H groups in total. The number of carbonyl (C=O) groups excluding carboxylic acids is 1. The zero-order chi connectivity index (χ0) is 25.2. The third-order valence-electron chi connectivity index (χ3n) is 5.42. The zero-order valence-electron chi connectivity index (χ0n) is 19.0. The lowest BCUT2D eigenvalue weighted by molar-refractivity contribution is -0.274. The summed E-state index contributed by atoms with van der Waals surface area (Å²) < 4.78 is 43.8. The van der Waals surface area contributed by atoms with Crippen molar-refractivity contribution in [3.05, 3.63) is 46.3 Å². The van der Waals surface area contributed by atoms with Crippen molar-refractivity contribution in [1.82, 2.24) is 14.9 Å². The molecule has 186 valence electrons. The maximum Gasteiger partial charge on any atom is 0.573 e. The number of rotatable bonds is 7. The van der Waals surface area contributed by atoms with Gasteiger partial charge in [0, 0.05) is 49.7 Å². The van der Waals surface area contributed by atoms with Gasteiger partial charge in [-0.1, -0.05) is 0 Å². The highest BCUT2D eigenvalue weighted by atomic mass is 32.1. The fourth-order valence-electron chi connectivity index (χ4n) is 3.56. The van der Waals surface area contributed by atoms with E-state index in [2.05, 4.69) is 30.2 Å². The lowest BCUT2D eigenvalue weighted by Crippen LogP contribution is -2.44. The molecule has 1 fully saturated rings. The molecule has 0 saturated carbocycles. The number of hydrogen-bond acceptors (Lipinski definition) is 9. The van der Waals surface area contributed by atoms with Gasteiger partial charge >= 0.3 is 6.36 Å². The predicted octanol–water partition coefficient (Wildman–Crippen LogP) is 4.08. The fourth-order valence-corrected chi connectivity index (χ4v) is 4.26. The number of nitrogens with two attached hydrogens (primary N) is 1. The van der Waals surface area contributed by atoms with Crippen molar-refractivity contribution in [2.24, 2.45) is 5.73 Å². The van der Waals surface area contributed by atoms with Gasteiger partial charge < -0.3 is 30.9 Å². The van der Waals surface area contributed by atoms with E-state index in [1.807, 2.05) is 11.9 Å². The van der Waals surface area contributed by atoms with Gasteiger partial charge in [-0.3, -0.25) is 4.79 Å². The van der Waals surface area contributed by atoms with E-state index in [1.54, 1.807) is 24.4 Å². The molecule has 1 aliphatic rings. The van der Waals surface area contributed by atoms with E-state index in [-0.39, 0.29) is 17.4 Å². The van der Waals surface area contributed by atoms with Crippen molar-refractivity contribution >= 4 is 46.1 Å². The Bertz CT molecular complexity index is 1210. The van der Waals surface area contributed by atoms with Gasteiger partial charge in [0.1, 0.15) is 10.7 Å². The molecular formula is C22H24F3N7O2S. The van der Waals surface area contributed by atoms with Crippen molar-refractivity contribution in [2.75, 3.05) is 48.8 Å². The number of ether oxygens (including phenoxy) is 1. The lowest BCUT2D eigenvalue weighted by atomic mass is 10.2. The van der Waals surface area contributed by atoms with Gasteiger partial charge in [-0.05, 0) is 37.6 Å². The highest BCUT2D eigenvalue weighted by Crippen LogP contribution is 2.36. The molecule has 3 aromatic rings. The second kappa shape index (κ2) is 9.96. The molecule has 9 nitrogen and oxygen atoms in total. The Morgan fingerprint density at radius 3 is 2.57 bits per heavy atom. The quantitative estimate of drug-likeness (QED) is 0.439. The van der Waals surface area contributed by atoms with E-state index in [0.29, 0.717) is 40.7 Å². The first-order valence-electron chi connectivity index (χ1n) is 10.7. The van der Waals surface area contributed by atoms with E-state index < -0.39 is 12.3 Å². The smallest absolute Gasteiger partial charge is 0.403 e. The van der Waals surface area contributed by atoms with Crippen LogP contribution in [0.4, 0.5) is 42.0 Å². The molecule has 3 heterocycles. The number of amides is 1. The van der Waals surface area contributed by atoms with Gasteiger partial charge in [0.15, 0.2) is 5.75 Å². The third-order valence-corrected chi connectivity index (χ3v) is 6.35. The summed E-state index contributed by atoms with van der Waals surface area (Å²) in [5.74, 6) is -0.549. The summed E-state index contributed by atoms with van der Waals surface area (Å²) in [6.45, 7) is 4.76. The monoisotopic (exact) mass is 507 g/mol. The van der Waals surface area contributed by atoms with Gasteiger partial charge in [0.05, 0.1) is 11.4 Å². The molecule has 1 amide bonds. The Morgan fingerprint density at radius 2 is 1.89 bits per heavy atom. The number of primary amides is 1. The summed E-state index contributed by atoms with van der Waals surface area (Å²) in [4.78, 5) is 24.6. The van der Waals surface area contributed by atoms with E-state index in [4.69, 9.17) is 5.73 Å². The number of alkyl halides is 3. The van der Waals surface area contributed by atoms with Crippen LogP contribution in [0.3, 0.4) is 0 Å². The van der Waals surface area contributed by atoms with Crippen LogP contribution in [-0.2, 0) is 0 Å². The molecule has 2 aromatic heterocycles. The molecule has 0 radical (unpaired) electrons. The lowest BCUT2D eigenvalue weighted by Gasteiger charge is -2.34. The standard InChI is InChI=1S/C22H24F3N7O2S/c1-13-12-27-21(30-20(13)28-16-5-10-35-18(16)19(26)33)29-15-4-3-14(11-17(15)34-22(23,24)25)32-8-6-31(2)7-9-32/h3-5,10-12H,6-9H2,1-2H3,(H2,26,33)(H2,27,28,29,30). The van der Waals surface area contributed by atoms with Gasteiger partial charge in [-0.25, -0.2) is 4.98 Å². The number of aryl methyl sites for hydroxylation is 1. The first kappa shape index (κ1) is 24.5. The first-order chi connectivity index (χ1) is 16.6. The molecule has 1 aromatic carbocycles. The first-order valence-corrected chi connectivity index (χ1v) is 11.6. The second-order valence-electron chi connectivity index (χ2n) is 8.02. The minimum absolute atomic E-state index is 0.0494. The molecule has 0 atom stereocenters. The Morgan fingerprint density at radius 1 is 1.14 bits per heavy atom. The summed E-state index contributed by atoms with van der Waals surface area (Å²) in [7, 11) is 2.00. The molecule has 4 rings (SSSR count). The molecule has 0 aliphatic carbocycles. The summed E-state index contributed by atoms with van der Waals surface area (Å²) in [5, 5.41) is 7.56. The van der Waals surface area contributed by atoms with Crippen LogP contribution < -0.4 is 26.0 Å². The SMILES string of the molecule is Cc1cnc(Nc2ccc(N3CCN(C)CC3)cc2OC(F)(F)F)nc1Nc1ccsc1C(N)=O. The second-order valence-corrected chi connectivity index (χ2v) is 8.94. The third kappa shape index (κ3) is 6.11. The molecular weight excluding hydrogens is 483 g/mol. The molecule has 0 bridgehead atoms. The van der Waals surface area contributed by atoms with Crippen LogP contribution in [0.25, 0.3) is 0 Å². The Hall–Kier alpha value is -3.58. The molecule has 13 heteroatoms. The normalized spacial score (nSPS) is 14.6. The molecule has 0 unspecified atom stereocenters. The minimum atomic E-state index is -4.87. The maximum atomic E-state index is 13.2. The Balaban J connectivity index is 1.60. The van der Waals surface area contributed by atoms with Crippen molar-refractivity contribution in [3.8, 4) is 5.75 Å². The summed E-state index contributed by atoms with van der Waals surface area (Å²) in [5.41, 5.74) is 7.23. The molecule has 35 heavy (non-hydrogen) atoms. The average molecular weight is 508 g/mol. The largest absolute Gasteiger partial charge is 0.573 e. The number of benzene rings is 1. The van der Waals surface area contributed by atoms with Crippen molar-refractivity contribution in [2.45, 2.75) is 13.3 Å². The number of likely N-dealkylation sites (N-methyl/N-ethyl adjacent to an activating group) is 1. The number of anilines is 5. The maximum absolute atomic E-state index is 13.2. The van der Waals surface area contributed by atoms with Crippen LogP contribution in [0.1, 0.15) is 15.2 Å². The summed E-state index contributed by atoms with van der Waals surface area (Å²) in [6, 6.07) is 6.29. The van der Waals surface area contributed by atoms with Crippen LogP contribution >= 0.6 is 11.3 Å². The van der Waals surface area contributed by atoms with Crippen molar-refractivity contribution in [1.29, 1.82) is 0 Å². The van der Waals surface area contributed by atoms with Crippen LogP contribution in [0, 0.1) is 6.92 Å². The number of piperazine rings is 1. The fraction of sp³-hybridized carbons (Fsp3) is 0.318. The zero-order valence-corrected chi connectivity index (χ0v) is 19.8. The van der Waals surface area contributed by atoms with Gasteiger partial charge in [0.2, 0.25) is 5.95 Å². The Labute approximate surface area is 203 Å². The van der Waals surface area contributed by atoms with E-state index in [1.165, 1.54) is 29.7 Å². The average Bonchev–Trinajstić information content (AvgIpc) is 3.25. The highest BCUT2D eigenvalue weighted by molar-refractivity contribution is 7.12. The molecule has 1 aliphatic heterocycles. The van der Waals surface area contributed by atoms with Crippen LogP contribution in [0.5, 0.6) is 5.75 Å². The molecule has 1 saturated heterocycles. The van der Waals surface area contributed by atoms with Crippen LogP contribution in [0.2, 0.25) is 0 Å². The van der Waals surface area contributed by atoms with Crippen molar-refractivity contribution in [3.63, 3.8) is 0 Å². The van der Waals surface area contributed by atoms with Crippen LogP contribution in [0.15, 0.2) is 35.8 Å². The minimum Gasteiger partial charge on any atom is -0.403 e. The number of halogens is 3. The number of nitrogens with zero attached hydrogens (tertiary/aromatic N) is 4. The van der Waals surface area contributed by atoms with Crippen LogP contribution in [-0.4, -0.2) is 60.4 Å². The number of thiophene rings is 1. The number of carbonyl (C=O) groups is 1. The predicted molar refractivity (Wildman–Crippen MR) is 129 cm³/mol. The molecule has 0 spiro atoms. The highest BCUT2D eigenvalue weighted by Gasteiger charge is 2.33. The van der Waals surface area contributed by atoms with Crippen molar-refractivity contribution < 1.29 is 22.7 Å². The summed E-state index contributed by atoms with van der Waals surface area (Å²) in [6.07, 6.45) is -3.36. The van der Waals surface area contributed by atoms with Gasteiger partial charge in [-0.2, -0.15) is 4.98 Å².